The first kappa shape index (κ1) is 14.5. The predicted molar refractivity (Wildman–Crippen MR) is 73.2 cm³/mol. The number of hydrogen-bond donors (Lipinski definition) is 0. The van der Waals surface area contributed by atoms with Crippen LogP contribution < -0.4 is 21.5 Å². The molecule has 0 fully saturated rings. The molecule has 2 aromatic heterocycles. The molecule has 3 nitrogen and oxygen atoms in total. The number of nitrogens with zero attached hydrogens (tertiary/aromatic N) is 2. The number of benzene rings is 1. The Morgan fingerprint density at radius 1 is 1.00 bits per heavy atom. The molecule has 3 aromatic rings. The lowest BCUT2D eigenvalue weighted by Crippen LogP contribution is -3.00. The minimum Gasteiger partial charge on any atom is -1.00 e. The van der Waals surface area contributed by atoms with Gasteiger partial charge in [0.15, 0.2) is 18.2 Å². The molecule has 0 aliphatic heterocycles. The van der Waals surface area contributed by atoms with Gasteiger partial charge in [0.25, 0.3) is 0 Å². The van der Waals surface area contributed by atoms with Gasteiger partial charge in [-0.3, -0.25) is 0 Å². The highest BCUT2D eigenvalue weighted by atomic mass is 79.9. The summed E-state index contributed by atoms with van der Waals surface area (Å²) in [6.07, 6.45) is 5.83. The fourth-order valence-electron chi connectivity index (χ4n) is 1.95. The van der Waals surface area contributed by atoms with Crippen molar-refractivity contribution in [3.05, 3.63) is 61.1 Å². The summed E-state index contributed by atoms with van der Waals surface area (Å²) in [5.74, 6) is 1.45. The first-order valence-electron chi connectivity index (χ1n) is 6.37. The average Bonchev–Trinajstić information content (AvgIpc) is 2.98. The molecule has 0 aliphatic rings. The highest BCUT2D eigenvalue weighted by molar-refractivity contribution is 5.60. The smallest absolute Gasteiger partial charge is 0.227 e. The van der Waals surface area contributed by atoms with Crippen LogP contribution in [0.25, 0.3) is 22.8 Å². The molecule has 0 radical (unpaired) electrons. The van der Waals surface area contributed by atoms with Crippen LogP contribution in [0.5, 0.6) is 0 Å². The summed E-state index contributed by atoms with van der Waals surface area (Å²) in [4.78, 5) is 4.34. The van der Waals surface area contributed by atoms with Crippen molar-refractivity contribution in [3.8, 4) is 22.8 Å². The second kappa shape index (κ2) is 6.48. The summed E-state index contributed by atoms with van der Waals surface area (Å²) in [5.41, 5.74) is 2.03. The molecule has 3 rings (SSSR count). The van der Waals surface area contributed by atoms with Crippen LogP contribution in [-0.2, 0) is 6.54 Å². The Labute approximate surface area is 128 Å². The first-order valence-corrected chi connectivity index (χ1v) is 6.37. The third-order valence-corrected chi connectivity index (χ3v) is 3.07. The van der Waals surface area contributed by atoms with Crippen LogP contribution in [0.15, 0.2) is 65.5 Å². The van der Waals surface area contributed by atoms with Crippen LogP contribution >= 0.6 is 0 Å². The van der Waals surface area contributed by atoms with Gasteiger partial charge >= 0.3 is 0 Å². The van der Waals surface area contributed by atoms with Crippen molar-refractivity contribution in [2.45, 2.75) is 13.5 Å². The van der Waals surface area contributed by atoms with E-state index < -0.39 is 0 Å². The Morgan fingerprint density at radius 3 is 2.35 bits per heavy atom. The summed E-state index contributed by atoms with van der Waals surface area (Å²) in [6.45, 7) is 3.07. The lowest BCUT2D eigenvalue weighted by Gasteiger charge is -1.96. The van der Waals surface area contributed by atoms with Crippen LogP contribution in [0.2, 0.25) is 0 Å². The lowest BCUT2D eigenvalue weighted by atomic mass is 10.2. The van der Waals surface area contributed by atoms with Gasteiger partial charge in [0.05, 0.1) is 6.20 Å². The largest absolute Gasteiger partial charge is 1.00 e. The molecule has 0 saturated carbocycles. The van der Waals surface area contributed by atoms with Gasteiger partial charge in [-0.05, 0) is 6.92 Å². The van der Waals surface area contributed by atoms with E-state index in [0.717, 1.165) is 23.4 Å². The fraction of sp³-hybridized carbons (Fsp3) is 0.125. The molecule has 0 N–H and O–H groups in total. The van der Waals surface area contributed by atoms with E-state index in [0.29, 0.717) is 5.89 Å². The van der Waals surface area contributed by atoms with E-state index in [9.17, 15) is 0 Å². The Morgan fingerprint density at radius 2 is 1.70 bits per heavy atom. The molecule has 4 heteroatoms. The Balaban J connectivity index is 0.00000147. The minimum absolute atomic E-state index is 0. The second-order valence-corrected chi connectivity index (χ2v) is 4.31. The van der Waals surface area contributed by atoms with Crippen LogP contribution in [0.1, 0.15) is 6.92 Å². The number of oxazole rings is 1. The number of aryl methyl sites for hydroxylation is 1. The molecular formula is C16H15BrN2O. The molecule has 0 aliphatic carbocycles. The topological polar surface area (TPSA) is 29.9 Å². The van der Waals surface area contributed by atoms with E-state index >= 15 is 0 Å². The minimum atomic E-state index is 0. The molecule has 0 spiro atoms. The van der Waals surface area contributed by atoms with Crippen molar-refractivity contribution >= 4 is 0 Å². The Hall–Kier alpha value is -1.94. The molecule has 102 valence electrons. The summed E-state index contributed by atoms with van der Waals surface area (Å²) in [6, 6.07) is 14.0. The molecule has 0 bridgehead atoms. The summed E-state index contributed by atoms with van der Waals surface area (Å²) >= 11 is 0. The maximum atomic E-state index is 5.81. The third kappa shape index (κ3) is 2.96. The maximum absolute atomic E-state index is 5.81. The number of hydrogen-bond acceptors (Lipinski definition) is 2. The van der Waals surface area contributed by atoms with Crippen molar-refractivity contribution < 1.29 is 26.0 Å². The molecule has 2 heterocycles. The van der Waals surface area contributed by atoms with Gasteiger partial charge < -0.3 is 21.4 Å². The fourth-order valence-corrected chi connectivity index (χ4v) is 1.95. The Kier molecular flexibility index (Phi) is 4.69. The second-order valence-electron chi connectivity index (χ2n) is 4.31. The summed E-state index contributed by atoms with van der Waals surface area (Å²) < 4.78 is 7.91. The Bertz CT molecular complexity index is 662. The van der Waals surface area contributed by atoms with Crippen molar-refractivity contribution in [2.24, 2.45) is 0 Å². The zero-order valence-electron chi connectivity index (χ0n) is 11.2. The molecule has 1 aromatic carbocycles. The molecule has 0 atom stereocenters. The number of aromatic nitrogens is 2. The van der Waals surface area contributed by atoms with Gasteiger partial charge in [-0.1, -0.05) is 30.3 Å². The standard InChI is InChI=1S/C16H15N2O.BrH/c1-2-18-10-8-14(9-11-18)16-17-12-15(19-16)13-6-4-3-5-7-13;/h3-12H,2H2,1H3;1H/q+1;/p-1. The highest BCUT2D eigenvalue weighted by Crippen LogP contribution is 2.24. The highest BCUT2D eigenvalue weighted by Gasteiger charge is 2.09. The number of rotatable bonds is 3. The zero-order chi connectivity index (χ0) is 13.1. The van der Waals surface area contributed by atoms with E-state index in [2.05, 4.69) is 16.5 Å². The van der Waals surface area contributed by atoms with Crippen LogP contribution in [0, 0.1) is 0 Å². The van der Waals surface area contributed by atoms with Crippen molar-refractivity contribution in [2.75, 3.05) is 0 Å². The lowest BCUT2D eigenvalue weighted by molar-refractivity contribution is -0.693. The van der Waals surface area contributed by atoms with Crippen molar-refractivity contribution in [3.63, 3.8) is 0 Å². The SMILES string of the molecule is CC[n+]1ccc(-c2ncc(-c3ccccc3)o2)cc1.[Br-]. The van der Waals surface area contributed by atoms with Crippen LogP contribution in [0.3, 0.4) is 0 Å². The maximum Gasteiger partial charge on any atom is 0.227 e. The van der Waals surface area contributed by atoms with Crippen molar-refractivity contribution in [1.29, 1.82) is 0 Å². The van der Waals surface area contributed by atoms with Gasteiger partial charge in [0.2, 0.25) is 5.89 Å². The molecule has 20 heavy (non-hydrogen) atoms. The van der Waals surface area contributed by atoms with E-state index in [-0.39, 0.29) is 17.0 Å². The van der Waals surface area contributed by atoms with Crippen LogP contribution in [-0.4, -0.2) is 4.98 Å². The summed E-state index contributed by atoms with van der Waals surface area (Å²) in [7, 11) is 0. The van der Waals surface area contributed by atoms with Crippen molar-refractivity contribution in [1.82, 2.24) is 4.98 Å². The average molecular weight is 331 g/mol. The number of halogens is 1. The zero-order valence-corrected chi connectivity index (χ0v) is 12.7. The molecule has 0 amide bonds. The van der Waals surface area contributed by atoms with E-state index in [1.807, 2.05) is 54.9 Å². The van der Waals surface area contributed by atoms with Gasteiger partial charge in [-0.15, -0.1) is 0 Å². The normalized spacial score (nSPS) is 10.1. The molecule has 0 unspecified atom stereocenters. The van der Waals surface area contributed by atoms with E-state index in [1.54, 1.807) is 6.20 Å². The van der Waals surface area contributed by atoms with Gasteiger partial charge in [-0.2, -0.15) is 0 Å². The number of pyridine rings is 1. The molecule has 0 saturated heterocycles. The molecular weight excluding hydrogens is 316 g/mol. The monoisotopic (exact) mass is 330 g/mol. The van der Waals surface area contributed by atoms with Gasteiger partial charge in [-0.25, -0.2) is 9.55 Å². The van der Waals surface area contributed by atoms with Gasteiger partial charge in [0, 0.05) is 23.3 Å². The van der Waals surface area contributed by atoms with E-state index in [1.165, 1.54) is 0 Å². The van der Waals surface area contributed by atoms with Gasteiger partial charge in [0.1, 0.15) is 6.54 Å². The third-order valence-electron chi connectivity index (χ3n) is 3.07. The van der Waals surface area contributed by atoms with Crippen LogP contribution in [0.4, 0.5) is 0 Å². The quantitative estimate of drug-likeness (QED) is 0.647. The summed E-state index contributed by atoms with van der Waals surface area (Å²) in [5, 5.41) is 0. The predicted octanol–water partition coefficient (Wildman–Crippen LogP) is 0.320. The first-order chi connectivity index (χ1) is 9.36. The van der Waals surface area contributed by atoms with E-state index in [4.69, 9.17) is 4.42 Å².